The number of aliphatic imine (C=N–C) groups is 1. The van der Waals surface area contributed by atoms with Crippen LogP contribution in [0.3, 0.4) is 0 Å². The molecule has 2 N–H and O–H groups in total. The first-order chi connectivity index (χ1) is 10.1. The van der Waals surface area contributed by atoms with E-state index in [4.69, 9.17) is 4.74 Å². The van der Waals surface area contributed by atoms with Crippen LogP contribution in [0.25, 0.3) is 0 Å². The number of nitrogens with one attached hydrogen (secondary N) is 2. The Kier molecular flexibility index (Phi) is 6.30. The molecular formula is C16H32N4O. The number of hydrogen-bond acceptors (Lipinski definition) is 3. The van der Waals surface area contributed by atoms with Crippen LogP contribution in [0.15, 0.2) is 4.99 Å². The van der Waals surface area contributed by atoms with E-state index in [0.717, 1.165) is 57.8 Å². The standard InChI is InChI=1S/C16H32N4O/c1-14(2)12-16(4-5-16)13-19-15(17-3)18-6-7-20-8-10-21-11-9-20/h14H,4-13H2,1-3H3,(H2,17,18,19). The van der Waals surface area contributed by atoms with E-state index in [2.05, 4.69) is 34.4 Å². The second-order valence-corrected chi connectivity index (χ2v) is 6.90. The fraction of sp³-hybridized carbons (Fsp3) is 0.938. The molecule has 0 unspecified atom stereocenters. The number of hydrogen-bond donors (Lipinski definition) is 2. The topological polar surface area (TPSA) is 48.9 Å². The monoisotopic (exact) mass is 296 g/mol. The van der Waals surface area contributed by atoms with Gasteiger partial charge >= 0.3 is 0 Å². The van der Waals surface area contributed by atoms with E-state index in [1.807, 2.05) is 7.05 Å². The summed E-state index contributed by atoms with van der Waals surface area (Å²) in [6.45, 7) is 11.5. The summed E-state index contributed by atoms with van der Waals surface area (Å²) in [6.07, 6.45) is 4.05. The lowest BCUT2D eigenvalue weighted by atomic mass is 9.94. The quantitative estimate of drug-likeness (QED) is 0.549. The van der Waals surface area contributed by atoms with Gasteiger partial charge in [0.2, 0.25) is 0 Å². The van der Waals surface area contributed by atoms with E-state index >= 15 is 0 Å². The summed E-state index contributed by atoms with van der Waals surface area (Å²) < 4.78 is 5.36. The van der Waals surface area contributed by atoms with Gasteiger partial charge in [-0.15, -0.1) is 0 Å². The SMILES string of the molecule is CN=C(NCCN1CCOCC1)NCC1(CC(C)C)CC1. The molecule has 0 amide bonds. The van der Waals surface area contributed by atoms with Crippen LogP contribution >= 0.6 is 0 Å². The number of morpholine rings is 1. The highest BCUT2D eigenvalue weighted by Crippen LogP contribution is 2.49. The van der Waals surface area contributed by atoms with Crippen molar-refractivity contribution in [3.05, 3.63) is 0 Å². The van der Waals surface area contributed by atoms with E-state index in [1.54, 1.807) is 0 Å². The summed E-state index contributed by atoms with van der Waals surface area (Å²) in [5.41, 5.74) is 0.538. The molecule has 1 heterocycles. The summed E-state index contributed by atoms with van der Waals surface area (Å²) in [5.74, 6) is 1.73. The van der Waals surface area contributed by atoms with Crippen molar-refractivity contribution < 1.29 is 4.74 Å². The molecule has 5 nitrogen and oxygen atoms in total. The van der Waals surface area contributed by atoms with Crippen molar-refractivity contribution in [2.24, 2.45) is 16.3 Å². The summed E-state index contributed by atoms with van der Waals surface area (Å²) in [5, 5.41) is 6.94. The third-order valence-electron chi connectivity index (χ3n) is 4.48. The van der Waals surface area contributed by atoms with Crippen LogP contribution < -0.4 is 10.6 Å². The largest absolute Gasteiger partial charge is 0.379 e. The average Bonchev–Trinajstić information content (AvgIpc) is 3.23. The third kappa shape index (κ3) is 5.83. The Labute approximate surface area is 129 Å². The zero-order valence-electron chi connectivity index (χ0n) is 14.0. The van der Waals surface area contributed by atoms with Gasteiger partial charge in [-0.2, -0.15) is 0 Å². The van der Waals surface area contributed by atoms with Gasteiger partial charge in [0.15, 0.2) is 5.96 Å². The fourth-order valence-corrected chi connectivity index (χ4v) is 3.14. The normalized spacial score (nSPS) is 22.4. The molecule has 2 aliphatic rings. The molecule has 122 valence electrons. The van der Waals surface area contributed by atoms with Crippen LogP contribution in [0, 0.1) is 11.3 Å². The maximum absolute atomic E-state index is 5.36. The lowest BCUT2D eigenvalue weighted by Gasteiger charge is -2.27. The molecule has 21 heavy (non-hydrogen) atoms. The Bertz CT molecular complexity index is 333. The number of rotatable bonds is 7. The smallest absolute Gasteiger partial charge is 0.191 e. The summed E-state index contributed by atoms with van der Waals surface area (Å²) >= 11 is 0. The van der Waals surface area contributed by atoms with E-state index in [-0.39, 0.29) is 0 Å². The fourth-order valence-electron chi connectivity index (χ4n) is 3.14. The molecule has 0 atom stereocenters. The van der Waals surface area contributed by atoms with E-state index in [0.29, 0.717) is 5.41 Å². The van der Waals surface area contributed by atoms with Crippen molar-refractivity contribution in [3.8, 4) is 0 Å². The van der Waals surface area contributed by atoms with Gasteiger partial charge in [-0.25, -0.2) is 0 Å². The molecule has 1 saturated heterocycles. The third-order valence-corrected chi connectivity index (χ3v) is 4.48. The molecule has 1 saturated carbocycles. The highest BCUT2D eigenvalue weighted by molar-refractivity contribution is 5.79. The summed E-state index contributed by atoms with van der Waals surface area (Å²) in [4.78, 5) is 6.77. The van der Waals surface area contributed by atoms with E-state index in [1.165, 1.54) is 19.3 Å². The van der Waals surface area contributed by atoms with Gasteiger partial charge in [-0.05, 0) is 30.6 Å². The zero-order valence-corrected chi connectivity index (χ0v) is 14.0. The number of nitrogens with zero attached hydrogens (tertiary/aromatic N) is 2. The molecule has 1 aliphatic heterocycles. The van der Waals surface area contributed by atoms with Crippen LogP contribution in [0.1, 0.15) is 33.1 Å². The second kappa shape index (κ2) is 7.99. The minimum Gasteiger partial charge on any atom is -0.379 e. The maximum Gasteiger partial charge on any atom is 0.191 e. The van der Waals surface area contributed by atoms with Crippen LogP contribution in [0.2, 0.25) is 0 Å². The van der Waals surface area contributed by atoms with E-state index in [9.17, 15) is 0 Å². The van der Waals surface area contributed by atoms with Crippen LogP contribution in [0.4, 0.5) is 0 Å². The van der Waals surface area contributed by atoms with Gasteiger partial charge in [0, 0.05) is 39.8 Å². The summed E-state index contributed by atoms with van der Waals surface area (Å²) in [6, 6.07) is 0. The molecule has 0 aromatic rings. The van der Waals surface area contributed by atoms with Gasteiger partial charge in [0.1, 0.15) is 0 Å². The van der Waals surface area contributed by atoms with Crippen molar-refractivity contribution >= 4 is 5.96 Å². The highest BCUT2D eigenvalue weighted by atomic mass is 16.5. The first-order valence-corrected chi connectivity index (χ1v) is 8.38. The molecule has 0 aromatic heterocycles. The van der Waals surface area contributed by atoms with Crippen molar-refractivity contribution in [1.82, 2.24) is 15.5 Å². The minimum absolute atomic E-state index is 0.538. The maximum atomic E-state index is 5.36. The summed E-state index contributed by atoms with van der Waals surface area (Å²) in [7, 11) is 1.85. The molecular weight excluding hydrogens is 264 g/mol. The molecule has 2 rings (SSSR count). The molecule has 1 aliphatic carbocycles. The Morgan fingerprint density at radius 3 is 2.52 bits per heavy atom. The van der Waals surface area contributed by atoms with Gasteiger partial charge in [-0.3, -0.25) is 9.89 Å². The van der Waals surface area contributed by atoms with Crippen molar-refractivity contribution in [3.63, 3.8) is 0 Å². The lowest BCUT2D eigenvalue weighted by molar-refractivity contribution is 0.0389. The van der Waals surface area contributed by atoms with E-state index < -0.39 is 0 Å². The van der Waals surface area contributed by atoms with Crippen molar-refractivity contribution in [2.45, 2.75) is 33.1 Å². The lowest BCUT2D eigenvalue weighted by Crippen LogP contribution is -2.45. The molecule has 0 spiro atoms. The predicted molar refractivity (Wildman–Crippen MR) is 87.7 cm³/mol. The van der Waals surface area contributed by atoms with Gasteiger partial charge in [0.05, 0.1) is 13.2 Å². The first-order valence-electron chi connectivity index (χ1n) is 8.38. The molecule has 2 fully saturated rings. The highest BCUT2D eigenvalue weighted by Gasteiger charge is 2.42. The second-order valence-electron chi connectivity index (χ2n) is 6.90. The Balaban J connectivity index is 1.62. The minimum atomic E-state index is 0.538. The number of ether oxygens (including phenoxy) is 1. The molecule has 0 radical (unpaired) electrons. The van der Waals surface area contributed by atoms with Crippen LogP contribution in [-0.4, -0.2) is 63.8 Å². The molecule has 0 bridgehead atoms. The van der Waals surface area contributed by atoms with Gasteiger partial charge in [0.25, 0.3) is 0 Å². The molecule has 5 heteroatoms. The Hall–Kier alpha value is -0.810. The number of guanidine groups is 1. The van der Waals surface area contributed by atoms with Crippen molar-refractivity contribution in [2.75, 3.05) is 53.0 Å². The van der Waals surface area contributed by atoms with Gasteiger partial charge in [-0.1, -0.05) is 13.8 Å². The first kappa shape index (κ1) is 16.6. The van der Waals surface area contributed by atoms with Gasteiger partial charge < -0.3 is 15.4 Å². The zero-order chi connectivity index (χ0) is 15.1. The molecule has 0 aromatic carbocycles. The predicted octanol–water partition coefficient (Wildman–Crippen LogP) is 1.31. The van der Waals surface area contributed by atoms with Crippen molar-refractivity contribution in [1.29, 1.82) is 0 Å². The Morgan fingerprint density at radius 2 is 1.95 bits per heavy atom. The van der Waals surface area contributed by atoms with Crippen LogP contribution in [0.5, 0.6) is 0 Å². The Morgan fingerprint density at radius 1 is 1.24 bits per heavy atom. The average molecular weight is 296 g/mol. The van der Waals surface area contributed by atoms with Crippen LogP contribution in [-0.2, 0) is 4.74 Å².